The van der Waals surface area contributed by atoms with Gasteiger partial charge in [0.1, 0.15) is 0 Å². The molecule has 1 aromatic carbocycles. The standard InChI is InChI=1S/C17H27NO2/c1-3-4-5-6-7-8-9-13-20-17(19)16-14(2)11-10-12-15(16)18/h10-12H,3-9,13,18H2,1-2H3. The van der Waals surface area contributed by atoms with Crippen molar-refractivity contribution < 1.29 is 9.53 Å². The fraction of sp³-hybridized carbons (Fsp3) is 0.588. The van der Waals surface area contributed by atoms with Crippen molar-refractivity contribution in [1.29, 1.82) is 0 Å². The van der Waals surface area contributed by atoms with Crippen molar-refractivity contribution in [2.75, 3.05) is 12.3 Å². The van der Waals surface area contributed by atoms with Crippen molar-refractivity contribution in [1.82, 2.24) is 0 Å². The van der Waals surface area contributed by atoms with Crippen molar-refractivity contribution in [2.45, 2.75) is 58.8 Å². The van der Waals surface area contributed by atoms with Gasteiger partial charge in [0, 0.05) is 5.69 Å². The van der Waals surface area contributed by atoms with E-state index in [0.29, 0.717) is 17.9 Å². The minimum absolute atomic E-state index is 0.299. The molecule has 0 bridgehead atoms. The average Bonchev–Trinajstić information content (AvgIpc) is 2.41. The van der Waals surface area contributed by atoms with Crippen LogP contribution in [0, 0.1) is 6.92 Å². The van der Waals surface area contributed by atoms with Crippen molar-refractivity contribution >= 4 is 11.7 Å². The highest BCUT2D eigenvalue weighted by atomic mass is 16.5. The van der Waals surface area contributed by atoms with E-state index in [-0.39, 0.29) is 5.97 Å². The highest BCUT2D eigenvalue weighted by Crippen LogP contribution is 2.17. The lowest BCUT2D eigenvalue weighted by Crippen LogP contribution is -2.11. The molecule has 3 nitrogen and oxygen atoms in total. The van der Waals surface area contributed by atoms with Crippen LogP contribution in [0.15, 0.2) is 18.2 Å². The van der Waals surface area contributed by atoms with E-state index < -0.39 is 0 Å². The molecule has 0 radical (unpaired) electrons. The summed E-state index contributed by atoms with van der Waals surface area (Å²) in [5.74, 6) is -0.299. The quantitative estimate of drug-likeness (QED) is 0.411. The van der Waals surface area contributed by atoms with Crippen LogP contribution >= 0.6 is 0 Å². The first-order valence-electron chi connectivity index (χ1n) is 7.69. The second kappa shape index (κ2) is 9.40. The number of hydrogen-bond acceptors (Lipinski definition) is 3. The zero-order valence-corrected chi connectivity index (χ0v) is 12.8. The smallest absolute Gasteiger partial charge is 0.340 e. The van der Waals surface area contributed by atoms with Crippen LogP contribution in [0.5, 0.6) is 0 Å². The van der Waals surface area contributed by atoms with Gasteiger partial charge in [0.15, 0.2) is 0 Å². The average molecular weight is 277 g/mol. The molecule has 2 N–H and O–H groups in total. The third kappa shape index (κ3) is 5.64. The summed E-state index contributed by atoms with van der Waals surface area (Å²) in [7, 11) is 0. The Morgan fingerprint density at radius 1 is 1.10 bits per heavy atom. The van der Waals surface area contributed by atoms with Gasteiger partial charge in [0.2, 0.25) is 0 Å². The van der Waals surface area contributed by atoms with Crippen LogP contribution in [0.3, 0.4) is 0 Å². The number of carbonyl (C=O) groups excluding carboxylic acids is 1. The van der Waals surface area contributed by atoms with Gasteiger partial charge in [-0.1, -0.05) is 57.6 Å². The summed E-state index contributed by atoms with van der Waals surface area (Å²) in [6.45, 7) is 4.58. The van der Waals surface area contributed by atoms with Crippen LogP contribution in [0.2, 0.25) is 0 Å². The lowest BCUT2D eigenvalue weighted by atomic mass is 10.1. The number of hydrogen-bond donors (Lipinski definition) is 1. The third-order valence-electron chi connectivity index (χ3n) is 3.49. The van der Waals surface area contributed by atoms with E-state index in [1.54, 1.807) is 6.07 Å². The van der Waals surface area contributed by atoms with Crippen molar-refractivity contribution in [3.05, 3.63) is 29.3 Å². The summed E-state index contributed by atoms with van der Waals surface area (Å²) in [4.78, 5) is 12.0. The molecule has 0 aliphatic heterocycles. The van der Waals surface area contributed by atoms with Crippen LogP contribution in [-0.4, -0.2) is 12.6 Å². The van der Waals surface area contributed by atoms with E-state index in [1.807, 2.05) is 19.1 Å². The first-order chi connectivity index (χ1) is 9.66. The van der Waals surface area contributed by atoms with Crippen LogP contribution in [0.4, 0.5) is 5.69 Å². The molecule has 0 unspecified atom stereocenters. The Labute approximate surface area is 122 Å². The van der Waals surface area contributed by atoms with Gasteiger partial charge < -0.3 is 10.5 Å². The summed E-state index contributed by atoms with van der Waals surface area (Å²) in [6.07, 6.45) is 8.48. The second-order valence-corrected chi connectivity index (χ2v) is 5.30. The topological polar surface area (TPSA) is 52.3 Å². The predicted molar refractivity (Wildman–Crippen MR) is 83.9 cm³/mol. The molecule has 0 heterocycles. The highest BCUT2D eigenvalue weighted by Gasteiger charge is 2.13. The number of esters is 1. The molecule has 3 heteroatoms. The maximum atomic E-state index is 12.0. The van der Waals surface area contributed by atoms with Crippen LogP contribution in [0.25, 0.3) is 0 Å². The molecule has 0 atom stereocenters. The summed E-state index contributed by atoms with van der Waals surface area (Å²) in [6, 6.07) is 5.45. The Hall–Kier alpha value is -1.51. The molecule has 1 aromatic rings. The summed E-state index contributed by atoms with van der Waals surface area (Å²) < 4.78 is 5.30. The van der Waals surface area contributed by atoms with Gasteiger partial charge in [-0.2, -0.15) is 0 Å². The molecule has 0 amide bonds. The maximum Gasteiger partial charge on any atom is 0.340 e. The Balaban J connectivity index is 2.21. The van der Waals surface area contributed by atoms with Gasteiger partial charge in [0.05, 0.1) is 12.2 Å². The molecule has 1 rings (SSSR count). The molecule has 112 valence electrons. The molecule has 0 aliphatic carbocycles. The lowest BCUT2D eigenvalue weighted by Gasteiger charge is -2.09. The number of ether oxygens (including phenoxy) is 1. The molecule has 0 saturated heterocycles. The van der Waals surface area contributed by atoms with Crippen molar-refractivity contribution in [2.24, 2.45) is 0 Å². The van der Waals surface area contributed by atoms with E-state index in [9.17, 15) is 4.79 Å². The van der Waals surface area contributed by atoms with Gasteiger partial charge in [-0.3, -0.25) is 0 Å². The Bertz CT molecular complexity index is 395. The van der Waals surface area contributed by atoms with Crippen molar-refractivity contribution in [3.63, 3.8) is 0 Å². The number of anilines is 1. The van der Waals surface area contributed by atoms with Gasteiger partial charge >= 0.3 is 5.97 Å². The largest absolute Gasteiger partial charge is 0.462 e. The number of rotatable bonds is 9. The van der Waals surface area contributed by atoms with Gasteiger partial charge in [-0.15, -0.1) is 0 Å². The molecule has 20 heavy (non-hydrogen) atoms. The molecule has 0 saturated carbocycles. The molecule has 0 fully saturated rings. The summed E-state index contributed by atoms with van der Waals surface area (Å²) >= 11 is 0. The fourth-order valence-corrected chi connectivity index (χ4v) is 2.27. The maximum absolute atomic E-state index is 12.0. The van der Waals surface area contributed by atoms with E-state index in [2.05, 4.69) is 6.92 Å². The number of benzene rings is 1. The third-order valence-corrected chi connectivity index (χ3v) is 3.49. The summed E-state index contributed by atoms with van der Waals surface area (Å²) in [5, 5.41) is 0. The lowest BCUT2D eigenvalue weighted by molar-refractivity contribution is 0.0498. The number of carbonyl (C=O) groups is 1. The van der Waals surface area contributed by atoms with Gasteiger partial charge in [-0.05, 0) is 25.0 Å². The van der Waals surface area contributed by atoms with Crippen LogP contribution < -0.4 is 5.73 Å². The zero-order chi connectivity index (χ0) is 14.8. The normalized spacial score (nSPS) is 10.5. The van der Waals surface area contributed by atoms with Gasteiger partial charge in [0.25, 0.3) is 0 Å². The minimum atomic E-state index is -0.299. The Morgan fingerprint density at radius 2 is 1.75 bits per heavy atom. The number of unbranched alkanes of at least 4 members (excludes halogenated alkanes) is 6. The van der Waals surface area contributed by atoms with E-state index in [1.165, 1.54) is 32.1 Å². The van der Waals surface area contributed by atoms with Crippen LogP contribution in [0.1, 0.15) is 67.8 Å². The SMILES string of the molecule is CCCCCCCCCOC(=O)c1c(C)cccc1N. The molecular weight excluding hydrogens is 250 g/mol. The molecular formula is C17H27NO2. The van der Waals surface area contributed by atoms with E-state index in [4.69, 9.17) is 10.5 Å². The molecule has 0 spiro atoms. The Morgan fingerprint density at radius 3 is 2.40 bits per heavy atom. The number of nitrogen functional groups attached to an aromatic ring is 1. The fourth-order valence-electron chi connectivity index (χ4n) is 2.27. The monoisotopic (exact) mass is 277 g/mol. The summed E-state index contributed by atoms with van der Waals surface area (Å²) in [5.41, 5.74) is 7.69. The van der Waals surface area contributed by atoms with E-state index in [0.717, 1.165) is 18.4 Å². The Kier molecular flexibility index (Phi) is 7.78. The zero-order valence-electron chi connectivity index (χ0n) is 12.8. The molecule has 0 aromatic heterocycles. The number of nitrogens with two attached hydrogens (primary N) is 1. The highest BCUT2D eigenvalue weighted by molar-refractivity contribution is 5.96. The minimum Gasteiger partial charge on any atom is -0.462 e. The molecule has 0 aliphatic rings. The van der Waals surface area contributed by atoms with Crippen LogP contribution in [-0.2, 0) is 4.74 Å². The second-order valence-electron chi connectivity index (χ2n) is 5.30. The predicted octanol–water partition coefficient (Wildman–Crippen LogP) is 4.48. The van der Waals surface area contributed by atoms with Gasteiger partial charge in [-0.25, -0.2) is 4.79 Å². The van der Waals surface area contributed by atoms with E-state index >= 15 is 0 Å². The number of aryl methyl sites for hydroxylation is 1. The van der Waals surface area contributed by atoms with Crippen molar-refractivity contribution in [3.8, 4) is 0 Å². The first kappa shape index (κ1) is 16.5. The first-order valence-corrected chi connectivity index (χ1v) is 7.69.